The third-order valence-corrected chi connectivity index (χ3v) is 7.40. The minimum Gasteiger partial charge on any atom is -0.444 e. The van der Waals surface area contributed by atoms with E-state index in [1.807, 2.05) is 71.7 Å². The van der Waals surface area contributed by atoms with Crippen LogP contribution in [0.4, 0.5) is 16.2 Å². The van der Waals surface area contributed by atoms with E-state index in [0.717, 1.165) is 61.5 Å². The fraction of sp³-hybridized carbons (Fsp3) is 0.621. The van der Waals surface area contributed by atoms with Crippen LogP contribution in [-0.2, 0) is 14.3 Å². The Bertz CT molecular complexity index is 1030. The van der Waals surface area contributed by atoms with Crippen molar-refractivity contribution < 1.29 is 19.1 Å². The van der Waals surface area contributed by atoms with Gasteiger partial charge in [0.1, 0.15) is 5.60 Å². The molecule has 1 spiro atoms. The molecule has 1 aromatic carbocycles. The molecule has 2 N–H and O–H groups in total. The predicted molar refractivity (Wildman–Crippen MR) is 149 cm³/mol. The zero-order valence-corrected chi connectivity index (χ0v) is 23.6. The summed E-state index contributed by atoms with van der Waals surface area (Å²) in [7, 11) is 1.91. The first-order chi connectivity index (χ1) is 17.6. The van der Waals surface area contributed by atoms with Crippen LogP contribution in [0.2, 0.25) is 0 Å². The van der Waals surface area contributed by atoms with Crippen LogP contribution < -0.4 is 15.5 Å². The molecule has 1 atom stereocenters. The summed E-state index contributed by atoms with van der Waals surface area (Å²) in [5.41, 5.74) is 3.81. The van der Waals surface area contributed by atoms with Crippen molar-refractivity contribution in [2.45, 2.75) is 72.8 Å². The van der Waals surface area contributed by atoms with Crippen LogP contribution in [0.5, 0.6) is 0 Å². The molecule has 3 fully saturated rings. The summed E-state index contributed by atoms with van der Waals surface area (Å²) in [6.45, 7) is 15.0. The monoisotopic (exact) mass is 512 g/mol. The summed E-state index contributed by atoms with van der Waals surface area (Å²) in [5.74, 6) is -0.755. The van der Waals surface area contributed by atoms with Crippen molar-refractivity contribution in [2.24, 2.45) is 11.3 Å². The highest BCUT2D eigenvalue weighted by molar-refractivity contribution is 6.05. The number of para-hydroxylation sites is 1. The normalized spacial score (nSPS) is 21.5. The Hall–Kier alpha value is -3.03. The lowest BCUT2D eigenvalue weighted by Crippen LogP contribution is -2.61. The largest absolute Gasteiger partial charge is 0.444 e. The summed E-state index contributed by atoms with van der Waals surface area (Å²) >= 11 is 0. The third-order valence-electron chi connectivity index (χ3n) is 7.40. The fourth-order valence-electron chi connectivity index (χ4n) is 5.58. The van der Waals surface area contributed by atoms with E-state index in [1.54, 1.807) is 0 Å². The van der Waals surface area contributed by atoms with Gasteiger partial charge in [-0.3, -0.25) is 14.9 Å². The molecule has 1 aromatic rings. The van der Waals surface area contributed by atoms with E-state index in [1.165, 1.54) is 0 Å². The molecule has 204 valence electrons. The molecule has 1 unspecified atom stereocenters. The van der Waals surface area contributed by atoms with E-state index in [9.17, 15) is 14.4 Å². The zero-order chi connectivity index (χ0) is 27.4. The Morgan fingerprint density at radius 2 is 1.81 bits per heavy atom. The van der Waals surface area contributed by atoms with Gasteiger partial charge in [0.05, 0.1) is 17.3 Å². The molecular weight excluding hydrogens is 468 g/mol. The van der Waals surface area contributed by atoms with Crippen molar-refractivity contribution in [3.63, 3.8) is 0 Å². The maximum absolute atomic E-state index is 12.6. The molecule has 0 radical (unpaired) electrons. The van der Waals surface area contributed by atoms with Crippen LogP contribution in [0.25, 0.3) is 5.57 Å². The van der Waals surface area contributed by atoms with Gasteiger partial charge in [0.2, 0.25) is 11.8 Å². The SMILES string of the molecule is C/C=C(/c1cccc(N2CC3(CCN(C(=O)OC(C)(C)C)CC3)C2)c1NC)C1CCC(=O)NC1=O.CC. The van der Waals surface area contributed by atoms with E-state index >= 15 is 0 Å². The number of nitrogens with zero attached hydrogens (tertiary/aromatic N) is 2. The molecule has 3 heterocycles. The van der Waals surface area contributed by atoms with Crippen molar-refractivity contribution in [2.75, 3.05) is 43.4 Å². The maximum atomic E-state index is 12.6. The Balaban J connectivity index is 0.00000186. The third kappa shape index (κ3) is 6.28. The number of ether oxygens (including phenoxy) is 1. The van der Waals surface area contributed by atoms with Crippen LogP contribution >= 0.6 is 0 Å². The Morgan fingerprint density at radius 1 is 1.16 bits per heavy atom. The highest BCUT2D eigenvalue weighted by atomic mass is 16.6. The van der Waals surface area contributed by atoms with Gasteiger partial charge in [-0.2, -0.15) is 0 Å². The van der Waals surface area contributed by atoms with Crippen LogP contribution in [0, 0.1) is 11.3 Å². The summed E-state index contributed by atoms with van der Waals surface area (Å²) < 4.78 is 5.54. The molecule has 3 aliphatic heterocycles. The molecule has 0 bridgehead atoms. The van der Waals surface area contributed by atoms with Crippen LogP contribution in [0.15, 0.2) is 24.3 Å². The summed E-state index contributed by atoms with van der Waals surface area (Å²) in [5, 5.41) is 5.86. The number of imide groups is 1. The van der Waals surface area contributed by atoms with Crippen molar-refractivity contribution >= 4 is 34.9 Å². The molecule has 8 nitrogen and oxygen atoms in total. The van der Waals surface area contributed by atoms with Crippen LogP contribution in [0.1, 0.15) is 72.8 Å². The number of nitrogens with one attached hydrogen (secondary N) is 2. The molecule has 0 aliphatic carbocycles. The standard InChI is InChI=1S/C27H38N4O4.C2H6/c1-6-18(20-10-11-22(32)29-24(20)33)19-8-7-9-21(23(19)28-5)31-16-27(17-31)12-14-30(15-13-27)25(34)35-26(2,3)4;1-2/h6-9,20,28H,10-17H2,1-5H3,(H,29,32,33);1-2H3/b18-6-;. The minimum absolute atomic E-state index is 0.201. The Kier molecular flexibility index (Phi) is 8.92. The smallest absolute Gasteiger partial charge is 0.410 e. The van der Waals surface area contributed by atoms with Gasteiger partial charge in [-0.15, -0.1) is 0 Å². The Morgan fingerprint density at radius 3 is 2.35 bits per heavy atom. The molecular formula is C29H44N4O4. The first-order valence-electron chi connectivity index (χ1n) is 13.6. The molecule has 0 aromatic heterocycles. The average Bonchev–Trinajstić information content (AvgIpc) is 2.84. The van der Waals surface area contributed by atoms with Crippen molar-refractivity contribution in [1.82, 2.24) is 10.2 Å². The summed E-state index contributed by atoms with van der Waals surface area (Å²) in [6, 6.07) is 6.20. The van der Waals surface area contributed by atoms with E-state index in [2.05, 4.69) is 21.6 Å². The number of carbonyl (C=O) groups excluding carboxylic acids is 3. The van der Waals surface area contributed by atoms with Gasteiger partial charge in [-0.1, -0.05) is 32.1 Å². The molecule has 0 saturated carbocycles. The second kappa shape index (κ2) is 11.6. The quantitative estimate of drug-likeness (QED) is 0.549. The average molecular weight is 513 g/mol. The number of likely N-dealkylation sites (tertiary alicyclic amines) is 1. The van der Waals surface area contributed by atoms with Gasteiger partial charge in [-0.05, 0) is 58.6 Å². The van der Waals surface area contributed by atoms with Crippen molar-refractivity contribution in [1.29, 1.82) is 0 Å². The van der Waals surface area contributed by atoms with Gasteiger partial charge in [-0.25, -0.2) is 4.79 Å². The summed E-state index contributed by atoms with van der Waals surface area (Å²) in [4.78, 5) is 40.9. The first-order valence-corrected chi connectivity index (χ1v) is 13.6. The van der Waals surface area contributed by atoms with Gasteiger partial charge in [0.15, 0.2) is 0 Å². The predicted octanol–water partition coefficient (Wildman–Crippen LogP) is 5.05. The summed E-state index contributed by atoms with van der Waals surface area (Å²) in [6.07, 6.45) is 4.59. The number of anilines is 2. The van der Waals surface area contributed by atoms with Gasteiger partial charge < -0.3 is 19.9 Å². The number of hydrogen-bond acceptors (Lipinski definition) is 6. The number of hydrogen-bond donors (Lipinski definition) is 2. The van der Waals surface area contributed by atoms with Gasteiger partial charge in [0.25, 0.3) is 0 Å². The van der Waals surface area contributed by atoms with E-state index in [0.29, 0.717) is 12.8 Å². The second-order valence-electron chi connectivity index (χ2n) is 11.0. The number of rotatable bonds is 4. The minimum atomic E-state index is -0.478. The highest BCUT2D eigenvalue weighted by Crippen LogP contribution is 2.46. The molecule has 8 heteroatoms. The number of carbonyl (C=O) groups is 3. The topological polar surface area (TPSA) is 91.0 Å². The number of piperidine rings is 2. The molecule has 3 saturated heterocycles. The van der Waals surface area contributed by atoms with Crippen LogP contribution in [-0.4, -0.2) is 61.6 Å². The first kappa shape index (κ1) is 28.5. The molecule has 3 amide bonds. The highest BCUT2D eigenvalue weighted by Gasteiger charge is 2.46. The van der Waals surface area contributed by atoms with Gasteiger partial charge in [0, 0.05) is 50.6 Å². The number of amides is 3. The van der Waals surface area contributed by atoms with Crippen molar-refractivity contribution in [3.05, 3.63) is 29.8 Å². The fourth-order valence-corrected chi connectivity index (χ4v) is 5.58. The van der Waals surface area contributed by atoms with Gasteiger partial charge >= 0.3 is 6.09 Å². The zero-order valence-electron chi connectivity index (χ0n) is 23.6. The number of benzene rings is 1. The Labute approximate surface area is 221 Å². The lowest BCUT2D eigenvalue weighted by molar-refractivity contribution is -0.134. The van der Waals surface area contributed by atoms with Crippen molar-refractivity contribution in [3.8, 4) is 0 Å². The molecule has 4 rings (SSSR count). The second-order valence-corrected chi connectivity index (χ2v) is 11.0. The van der Waals surface area contributed by atoms with E-state index < -0.39 is 5.60 Å². The van der Waals surface area contributed by atoms with Crippen LogP contribution in [0.3, 0.4) is 0 Å². The van der Waals surface area contributed by atoms with E-state index in [-0.39, 0.29) is 29.2 Å². The maximum Gasteiger partial charge on any atom is 0.410 e. The number of allylic oxidation sites excluding steroid dienone is 1. The molecule has 37 heavy (non-hydrogen) atoms. The lowest BCUT2D eigenvalue weighted by Gasteiger charge is -2.55. The van der Waals surface area contributed by atoms with E-state index in [4.69, 9.17) is 4.74 Å². The molecule has 3 aliphatic rings. The lowest BCUT2D eigenvalue weighted by atomic mass is 9.71.